The van der Waals surface area contributed by atoms with Gasteiger partial charge in [-0.25, -0.2) is 0 Å². The van der Waals surface area contributed by atoms with Crippen LogP contribution in [-0.4, -0.2) is 23.1 Å². The minimum absolute atomic E-state index is 0.0514. The summed E-state index contributed by atoms with van der Waals surface area (Å²) in [6.45, 7) is 13.3. The Labute approximate surface area is 177 Å². The number of carboxylic acids is 1. The maximum atomic E-state index is 13.2. The van der Waals surface area contributed by atoms with E-state index in [4.69, 9.17) is 4.74 Å². The molecule has 3 rings (SSSR count). The van der Waals surface area contributed by atoms with Crippen LogP contribution in [0.4, 0.5) is 0 Å². The van der Waals surface area contributed by atoms with Gasteiger partial charge in [0.05, 0.1) is 11.3 Å². The molecule has 0 amide bonds. The first kappa shape index (κ1) is 22.6. The highest BCUT2D eigenvalue weighted by molar-refractivity contribution is 5.90. The van der Waals surface area contributed by atoms with Crippen molar-refractivity contribution in [3.63, 3.8) is 0 Å². The molecule has 3 aliphatic carbocycles. The van der Waals surface area contributed by atoms with E-state index in [9.17, 15) is 14.7 Å². The van der Waals surface area contributed by atoms with Crippen LogP contribution in [0, 0.1) is 52.8 Å². The zero-order chi connectivity index (χ0) is 21.5. The molecule has 2 unspecified atom stereocenters. The SMILES string of the molecule is CC(C)[C@@H]1CC[C@@H](C)C[C@H]1OC(=O)C1CC1(C(=O)O)[C@H]1C[C@H](C)CC[C@H]1C(C)C. The second kappa shape index (κ2) is 8.59. The summed E-state index contributed by atoms with van der Waals surface area (Å²) in [7, 11) is 0. The number of carboxylic acid groups (broad SMARTS) is 1. The van der Waals surface area contributed by atoms with E-state index in [0.717, 1.165) is 25.7 Å². The van der Waals surface area contributed by atoms with Crippen molar-refractivity contribution in [2.45, 2.75) is 92.6 Å². The molecule has 0 aliphatic heterocycles. The average molecular weight is 407 g/mol. The zero-order valence-corrected chi connectivity index (χ0v) is 19.3. The minimum atomic E-state index is -0.895. The second-order valence-corrected chi connectivity index (χ2v) is 11.3. The van der Waals surface area contributed by atoms with Gasteiger partial charge in [0, 0.05) is 0 Å². The summed E-state index contributed by atoms with van der Waals surface area (Å²) >= 11 is 0. The third-order valence-electron chi connectivity index (χ3n) is 8.60. The largest absolute Gasteiger partial charge is 0.481 e. The third-order valence-corrected chi connectivity index (χ3v) is 8.60. The molecule has 1 N–H and O–H groups in total. The number of carbonyl (C=O) groups excluding carboxylic acids is 1. The van der Waals surface area contributed by atoms with Gasteiger partial charge < -0.3 is 9.84 Å². The monoisotopic (exact) mass is 406 g/mol. The molecule has 0 aromatic rings. The Bertz CT molecular complexity index is 612. The van der Waals surface area contributed by atoms with E-state index in [1.54, 1.807) is 0 Å². The molecule has 3 saturated carbocycles. The van der Waals surface area contributed by atoms with Crippen LogP contribution in [0.1, 0.15) is 86.5 Å². The molecule has 4 heteroatoms. The molecule has 0 aromatic carbocycles. The first-order chi connectivity index (χ1) is 13.6. The fourth-order valence-corrected chi connectivity index (χ4v) is 6.65. The molecule has 0 bridgehead atoms. The smallest absolute Gasteiger partial charge is 0.310 e. The van der Waals surface area contributed by atoms with E-state index in [1.165, 1.54) is 12.8 Å². The summed E-state index contributed by atoms with van der Waals surface area (Å²) in [5.74, 6) is 1.43. The van der Waals surface area contributed by atoms with Crippen LogP contribution in [0.3, 0.4) is 0 Å². The number of hydrogen-bond acceptors (Lipinski definition) is 3. The van der Waals surface area contributed by atoms with Gasteiger partial charge in [-0.15, -0.1) is 0 Å². The van der Waals surface area contributed by atoms with Gasteiger partial charge in [-0.1, -0.05) is 54.4 Å². The molecule has 0 aromatic heterocycles. The predicted octanol–water partition coefficient (Wildman–Crippen LogP) is 5.79. The zero-order valence-electron chi connectivity index (χ0n) is 19.3. The van der Waals surface area contributed by atoms with E-state index in [0.29, 0.717) is 41.9 Å². The lowest BCUT2D eigenvalue weighted by molar-refractivity contribution is -0.164. The van der Waals surface area contributed by atoms with Crippen LogP contribution in [0.25, 0.3) is 0 Å². The molecule has 0 saturated heterocycles. The van der Waals surface area contributed by atoms with Crippen molar-refractivity contribution in [1.29, 1.82) is 0 Å². The van der Waals surface area contributed by atoms with E-state index in [2.05, 4.69) is 41.5 Å². The maximum Gasteiger partial charge on any atom is 0.310 e. The van der Waals surface area contributed by atoms with Gasteiger partial charge in [0.25, 0.3) is 0 Å². The molecule has 0 radical (unpaired) electrons. The summed E-state index contributed by atoms with van der Waals surface area (Å²) in [5.41, 5.74) is -0.895. The highest BCUT2D eigenvalue weighted by atomic mass is 16.5. The lowest BCUT2D eigenvalue weighted by atomic mass is 9.63. The molecule has 4 nitrogen and oxygen atoms in total. The van der Waals surface area contributed by atoms with Crippen molar-refractivity contribution in [2.24, 2.45) is 52.8 Å². The first-order valence-corrected chi connectivity index (χ1v) is 12.0. The van der Waals surface area contributed by atoms with Gasteiger partial charge in [-0.2, -0.15) is 0 Å². The number of rotatable bonds is 6. The fourth-order valence-electron chi connectivity index (χ4n) is 6.65. The van der Waals surface area contributed by atoms with E-state index in [-0.39, 0.29) is 18.0 Å². The Morgan fingerprint density at radius 3 is 2.00 bits per heavy atom. The van der Waals surface area contributed by atoms with E-state index in [1.807, 2.05) is 0 Å². The van der Waals surface area contributed by atoms with E-state index < -0.39 is 17.3 Å². The van der Waals surface area contributed by atoms with E-state index >= 15 is 0 Å². The third kappa shape index (κ3) is 4.37. The van der Waals surface area contributed by atoms with Gasteiger partial charge in [0.15, 0.2) is 0 Å². The molecular formula is C25H42O4. The molecular weight excluding hydrogens is 364 g/mol. The normalized spacial score (nSPS) is 42.7. The average Bonchev–Trinajstić information content (AvgIpc) is 3.38. The molecule has 3 aliphatic rings. The van der Waals surface area contributed by atoms with Gasteiger partial charge in [-0.3, -0.25) is 9.59 Å². The number of carbonyl (C=O) groups is 2. The molecule has 166 valence electrons. The van der Waals surface area contributed by atoms with Gasteiger partial charge >= 0.3 is 11.9 Å². The Balaban J connectivity index is 1.76. The standard InChI is InChI=1S/C25H42O4/c1-14(2)18-9-7-16(5)11-20(18)25(24(27)28)13-21(25)23(26)29-22-12-17(6)8-10-19(22)15(3)4/h14-22H,7-13H2,1-6H3,(H,27,28)/t16-,17-,18+,19+,20+,21?,22-,25?/m1/s1. The van der Waals surface area contributed by atoms with Crippen LogP contribution < -0.4 is 0 Å². The highest BCUT2D eigenvalue weighted by Crippen LogP contribution is 2.64. The first-order valence-electron chi connectivity index (χ1n) is 12.0. The fraction of sp³-hybridized carbons (Fsp3) is 0.920. The molecule has 3 fully saturated rings. The van der Waals surface area contributed by atoms with Crippen LogP contribution in [0.15, 0.2) is 0 Å². The van der Waals surface area contributed by atoms with Crippen molar-refractivity contribution in [1.82, 2.24) is 0 Å². The topological polar surface area (TPSA) is 63.6 Å². The maximum absolute atomic E-state index is 13.2. The van der Waals surface area contributed by atoms with Crippen molar-refractivity contribution >= 4 is 11.9 Å². The Morgan fingerprint density at radius 1 is 0.897 bits per heavy atom. The number of aliphatic carboxylic acids is 1. The molecule has 0 heterocycles. The van der Waals surface area contributed by atoms with Crippen molar-refractivity contribution in [3.8, 4) is 0 Å². The lowest BCUT2D eigenvalue weighted by Gasteiger charge is -2.41. The Morgan fingerprint density at radius 2 is 1.45 bits per heavy atom. The summed E-state index contributed by atoms with van der Waals surface area (Å²) in [6.07, 6.45) is 6.79. The summed E-state index contributed by atoms with van der Waals surface area (Å²) in [6, 6.07) is 0. The Hall–Kier alpha value is -1.06. The Kier molecular flexibility index (Phi) is 6.70. The number of hydrogen-bond donors (Lipinski definition) is 1. The lowest BCUT2D eigenvalue weighted by Crippen LogP contribution is -2.41. The van der Waals surface area contributed by atoms with Crippen molar-refractivity contribution in [3.05, 3.63) is 0 Å². The van der Waals surface area contributed by atoms with Crippen LogP contribution in [0.5, 0.6) is 0 Å². The van der Waals surface area contributed by atoms with Crippen LogP contribution >= 0.6 is 0 Å². The number of esters is 1. The van der Waals surface area contributed by atoms with Crippen molar-refractivity contribution < 1.29 is 19.4 Å². The summed E-state index contributed by atoms with van der Waals surface area (Å²) in [4.78, 5) is 25.7. The van der Waals surface area contributed by atoms with Gasteiger partial charge in [-0.05, 0) is 73.5 Å². The summed E-state index contributed by atoms with van der Waals surface area (Å²) < 4.78 is 6.08. The number of ether oxygens (including phenoxy) is 1. The van der Waals surface area contributed by atoms with Crippen LogP contribution in [0.2, 0.25) is 0 Å². The highest BCUT2D eigenvalue weighted by Gasteiger charge is 2.70. The van der Waals surface area contributed by atoms with Gasteiger partial charge in [0.1, 0.15) is 6.10 Å². The minimum Gasteiger partial charge on any atom is -0.481 e. The second-order valence-electron chi connectivity index (χ2n) is 11.3. The predicted molar refractivity (Wildman–Crippen MR) is 114 cm³/mol. The van der Waals surface area contributed by atoms with Crippen LogP contribution in [-0.2, 0) is 14.3 Å². The van der Waals surface area contributed by atoms with Gasteiger partial charge in [0.2, 0.25) is 0 Å². The summed E-state index contributed by atoms with van der Waals surface area (Å²) in [5, 5.41) is 10.2. The van der Waals surface area contributed by atoms with Crippen molar-refractivity contribution in [2.75, 3.05) is 0 Å². The molecule has 29 heavy (non-hydrogen) atoms. The molecule has 0 spiro atoms. The molecule has 8 atom stereocenters. The quantitative estimate of drug-likeness (QED) is 0.567.